The molecule has 5 nitrogen and oxygen atoms in total. The van der Waals surface area contributed by atoms with E-state index in [-0.39, 0.29) is 0 Å². The minimum atomic E-state index is -0.692. The fourth-order valence-corrected chi connectivity index (χ4v) is 1.85. The Labute approximate surface area is 101 Å². The number of methoxy groups -OCH3 is 1. The summed E-state index contributed by atoms with van der Waals surface area (Å²) in [6, 6.07) is 2.78. The summed E-state index contributed by atoms with van der Waals surface area (Å²) in [5, 5.41) is 0. The molecule has 0 saturated heterocycles. The molecule has 0 N–H and O–H groups in total. The Balaban J connectivity index is 2.25. The van der Waals surface area contributed by atoms with E-state index in [2.05, 4.69) is 25.7 Å². The number of ether oxygens (including phenoxy) is 2. The van der Waals surface area contributed by atoms with Gasteiger partial charge in [-0.2, -0.15) is 0 Å². The molecule has 0 amide bonds. The number of aliphatic imine (C=N–C) groups is 1. The molecule has 86 valence electrons. The van der Waals surface area contributed by atoms with Crippen LogP contribution in [0.1, 0.15) is 18.8 Å². The Bertz CT molecular complexity index is 440. The fraction of sp³-hybridized carbons (Fsp3) is 0.400. The SMILES string of the molecule is COC(=O)C1N=C(C)OC1c1ccc(Br)o1. The topological polar surface area (TPSA) is 61.0 Å². The van der Waals surface area contributed by atoms with Crippen LogP contribution in [-0.4, -0.2) is 25.0 Å². The van der Waals surface area contributed by atoms with Crippen LogP contribution in [0.15, 0.2) is 26.2 Å². The fourth-order valence-electron chi connectivity index (χ4n) is 1.53. The first kappa shape index (κ1) is 11.2. The van der Waals surface area contributed by atoms with Gasteiger partial charge in [-0.3, -0.25) is 0 Å². The first-order valence-electron chi connectivity index (χ1n) is 4.66. The van der Waals surface area contributed by atoms with Crippen LogP contribution in [0.4, 0.5) is 0 Å². The standard InChI is InChI=1S/C10H10BrNO4/c1-5-12-8(10(13)14-2)9(15-5)6-3-4-7(11)16-6/h3-4,8-9H,1-2H3. The second-order valence-corrected chi connectivity index (χ2v) is 4.08. The summed E-state index contributed by atoms with van der Waals surface area (Å²) in [5.74, 6) is 0.560. The summed E-state index contributed by atoms with van der Waals surface area (Å²) >= 11 is 3.19. The second-order valence-electron chi connectivity index (χ2n) is 3.30. The van der Waals surface area contributed by atoms with Gasteiger partial charge in [0.15, 0.2) is 22.7 Å². The van der Waals surface area contributed by atoms with Crippen LogP contribution in [0.3, 0.4) is 0 Å². The number of hydrogen-bond donors (Lipinski definition) is 0. The van der Waals surface area contributed by atoms with E-state index in [4.69, 9.17) is 9.15 Å². The maximum Gasteiger partial charge on any atom is 0.335 e. The zero-order valence-electron chi connectivity index (χ0n) is 8.77. The first-order chi connectivity index (χ1) is 7.61. The lowest BCUT2D eigenvalue weighted by atomic mass is 10.1. The van der Waals surface area contributed by atoms with Gasteiger partial charge in [0.25, 0.3) is 0 Å². The zero-order valence-corrected chi connectivity index (χ0v) is 10.4. The predicted molar refractivity (Wildman–Crippen MR) is 59.1 cm³/mol. The van der Waals surface area contributed by atoms with Crippen LogP contribution in [0, 0.1) is 0 Å². The highest BCUT2D eigenvalue weighted by molar-refractivity contribution is 9.10. The van der Waals surface area contributed by atoms with Gasteiger partial charge in [-0.25, -0.2) is 9.79 Å². The summed E-state index contributed by atoms with van der Waals surface area (Å²) in [7, 11) is 1.32. The van der Waals surface area contributed by atoms with Crippen molar-refractivity contribution >= 4 is 27.8 Å². The lowest BCUT2D eigenvalue weighted by Gasteiger charge is -2.12. The largest absolute Gasteiger partial charge is 0.467 e. The summed E-state index contributed by atoms with van der Waals surface area (Å²) in [6.45, 7) is 1.69. The Hall–Kier alpha value is -1.30. The molecule has 0 saturated carbocycles. The van der Waals surface area contributed by atoms with Crippen molar-refractivity contribution < 1.29 is 18.7 Å². The molecule has 0 radical (unpaired) electrons. The number of hydrogen-bond acceptors (Lipinski definition) is 5. The summed E-state index contributed by atoms with van der Waals surface area (Å²) in [6.07, 6.45) is -0.543. The third kappa shape index (κ3) is 1.97. The van der Waals surface area contributed by atoms with Gasteiger partial charge in [-0.05, 0) is 28.1 Å². The number of furan rings is 1. The maximum absolute atomic E-state index is 11.5. The van der Waals surface area contributed by atoms with E-state index in [9.17, 15) is 4.79 Å². The van der Waals surface area contributed by atoms with Crippen molar-refractivity contribution in [3.05, 3.63) is 22.6 Å². The molecule has 6 heteroatoms. The summed E-state index contributed by atoms with van der Waals surface area (Å²) in [4.78, 5) is 15.6. The third-order valence-electron chi connectivity index (χ3n) is 2.22. The average Bonchev–Trinajstić information content (AvgIpc) is 2.83. The monoisotopic (exact) mass is 287 g/mol. The molecule has 0 spiro atoms. The molecule has 1 aromatic heterocycles. The molecule has 2 atom stereocenters. The van der Waals surface area contributed by atoms with Crippen LogP contribution < -0.4 is 0 Å². The van der Waals surface area contributed by atoms with E-state index in [1.807, 2.05) is 0 Å². The average molecular weight is 288 g/mol. The van der Waals surface area contributed by atoms with Gasteiger partial charge in [-0.1, -0.05) is 0 Å². The molecule has 0 fully saturated rings. The molecule has 1 aromatic rings. The number of nitrogens with zero attached hydrogens (tertiary/aromatic N) is 1. The van der Waals surface area contributed by atoms with E-state index in [1.54, 1.807) is 19.1 Å². The maximum atomic E-state index is 11.5. The highest BCUT2D eigenvalue weighted by Gasteiger charge is 2.39. The molecule has 2 rings (SSSR count). The number of carbonyl (C=O) groups excluding carboxylic acids is 1. The lowest BCUT2D eigenvalue weighted by Crippen LogP contribution is -2.24. The molecule has 0 aliphatic carbocycles. The van der Waals surface area contributed by atoms with Crippen molar-refractivity contribution in [1.29, 1.82) is 0 Å². The van der Waals surface area contributed by atoms with Gasteiger partial charge < -0.3 is 13.9 Å². The Morgan fingerprint density at radius 1 is 1.56 bits per heavy atom. The Morgan fingerprint density at radius 3 is 2.88 bits per heavy atom. The highest BCUT2D eigenvalue weighted by atomic mass is 79.9. The van der Waals surface area contributed by atoms with Crippen molar-refractivity contribution in [2.75, 3.05) is 7.11 Å². The molecule has 1 aliphatic heterocycles. The molecule has 0 aromatic carbocycles. The van der Waals surface area contributed by atoms with Gasteiger partial charge in [0, 0.05) is 6.92 Å². The van der Waals surface area contributed by atoms with Gasteiger partial charge in [0.1, 0.15) is 5.76 Å². The number of halogens is 1. The molecule has 2 unspecified atom stereocenters. The van der Waals surface area contributed by atoms with Gasteiger partial charge in [-0.15, -0.1) is 0 Å². The number of esters is 1. The molecule has 2 heterocycles. The Kier molecular flexibility index (Phi) is 3.00. The molecular formula is C10H10BrNO4. The molecular weight excluding hydrogens is 278 g/mol. The van der Waals surface area contributed by atoms with Gasteiger partial charge in [0.05, 0.1) is 7.11 Å². The van der Waals surface area contributed by atoms with Crippen molar-refractivity contribution in [1.82, 2.24) is 0 Å². The van der Waals surface area contributed by atoms with Crippen molar-refractivity contribution in [2.45, 2.75) is 19.1 Å². The minimum absolute atomic E-state index is 0.436. The molecule has 16 heavy (non-hydrogen) atoms. The van der Waals surface area contributed by atoms with Crippen LogP contribution in [0.25, 0.3) is 0 Å². The number of rotatable bonds is 2. The first-order valence-corrected chi connectivity index (χ1v) is 5.45. The summed E-state index contributed by atoms with van der Waals surface area (Å²) < 4.78 is 16.0. The zero-order chi connectivity index (χ0) is 11.7. The smallest absolute Gasteiger partial charge is 0.335 e. The lowest BCUT2D eigenvalue weighted by molar-refractivity contribution is -0.144. The van der Waals surface area contributed by atoms with Crippen molar-refractivity contribution in [3.63, 3.8) is 0 Å². The van der Waals surface area contributed by atoms with E-state index >= 15 is 0 Å². The highest BCUT2D eigenvalue weighted by Crippen LogP contribution is 2.32. The van der Waals surface area contributed by atoms with Crippen LogP contribution in [-0.2, 0) is 14.3 Å². The van der Waals surface area contributed by atoms with Gasteiger partial charge >= 0.3 is 5.97 Å². The predicted octanol–water partition coefficient (Wildman–Crippen LogP) is 2.07. The van der Waals surface area contributed by atoms with Crippen molar-refractivity contribution in [3.8, 4) is 0 Å². The molecule has 1 aliphatic rings. The van der Waals surface area contributed by atoms with E-state index in [1.165, 1.54) is 7.11 Å². The quantitative estimate of drug-likeness (QED) is 0.782. The van der Waals surface area contributed by atoms with E-state index < -0.39 is 18.1 Å². The van der Waals surface area contributed by atoms with Crippen LogP contribution >= 0.6 is 15.9 Å². The second kappa shape index (κ2) is 4.29. The van der Waals surface area contributed by atoms with Crippen LogP contribution in [0.2, 0.25) is 0 Å². The van der Waals surface area contributed by atoms with Crippen LogP contribution in [0.5, 0.6) is 0 Å². The van der Waals surface area contributed by atoms with Gasteiger partial charge in [0.2, 0.25) is 0 Å². The Morgan fingerprint density at radius 2 is 2.31 bits per heavy atom. The third-order valence-corrected chi connectivity index (χ3v) is 2.65. The summed E-state index contributed by atoms with van der Waals surface area (Å²) in [5.41, 5.74) is 0. The van der Waals surface area contributed by atoms with Crippen molar-refractivity contribution in [2.24, 2.45) is 4.99 Å². The molecule has 0 bridgehead atoms. The van der Waals surface area contributed by atoms with E-state index in [0.717, 1.165) is 0 Å². The minimum Gasteiger partial charge on any atom is -0.467 e. The van der Waals surface area contributed by atoms with E-state index in [0.29, 0.717) is 16.3 Å². The number of carbonyl (C=O) groups is 1. The normalized spacial score (nSPS) is 23.8.